The Balaban J connectivity index is 1.24. The van der Waals surface area contributed by atoms with Gasteiger partial charge in [-0.1, -0.05) is 115 Å². The smallest absolute Gasteiger partial charge is 0.137 e. The van der Waals surface area contributed by atoms with E-state index >= 15 is 0 Å². The highest BCUT2D eigenvalue weighted by Gasteiger charge is 2.21. The van der Waals surface area contributed by atoms with Crippen LogP contribution in [-0.2, 0) is 0 Å². The van der Waals surface area contributed by atoms with Crippen molar-refractivity contribution in [2.24, 2.45) is 0 Å². The third kappa shape index (κ3) is 4.62. The molecule has 0 amide bonds. The molecule has 10 rings (SSSR count). The second kappa shape index (κ2) is 11.2. The van der Waals surface area contributed by atoms with E-state index in [-0.39, 0.29) is 0 Å². The van der Waals surface area contributed by atoms with Gasteiger partial charge in [0.25, 0.3) is 0 Å². The fraction of sp³-hybridized carbons (Fsp3) is 0. The third-order valence-corrected chi connectivity index (χ3v) is 10.8. The van der Waals surface area contributed by atoms with Crippen molar-refractivity contribution < 1.29 is 4.42 Å². The summed E-state index contributed by atoms with van der Waals surface area (Å²) in [5, 5.41) is 7.27. The van der Waals surface area contributed by atoms with Crippen molar-refractivity contribution in [1.29, 1.82) is 0 Å². The number of furan rings is 1. The van der Waals surface area contributed by atoms with E-state index in [9.17, 15) is 0 Å². The lowest BCUT2D eigenvalue weighted by atomic mass is 9.94. The number of benzene rings is 8. The van der Waals surface area contributed by atoms with Crippen LogP contribution in [0.3, 0.4) is 0 Å². The van der Waals surface area contributed by atoms with Crippen LogP contribution in [0.2, 0.25) is 0 Å². The maximum Gasteiger partial charge on any atom is 0.137 e. The second-order valence-electron chi connectivity index (χ2n) is 12.5. The van der Waals surface area contributed by atoms with E-state index in [2.05, 4.69) is 169 Å². The fourth-order valence-electron chi connectivity index (χ4n) is 7.35. The van der Waals surface area contributed by atoms with Crippen LogP contribution in [0.5, 0.6) is 0 Å². The molecule has 0 radical (unpaired) electrons. The summed E-state index contributed by atoms with van der Waals surface area (Å²) in [6.07, 6.45) is 0. The molecule has 0 N–H and O–H groups in total. The molecule has 0 saturated carbocycles. The molecule has 8 aromatic carbocycles. The summed E-state index contributed by atoms with van der Waals surface area (Å²) in [5.74, 6) is 0. The Bertz CT molecular complexity index is 2830. The number of anilines is 3. The highest BCUT2D eigenvalue weighted by molar-refractivity contribution is 7.25. The van der Waals surface area contributed by atoms with Gasteiger partial charge < -0.3 is 9.32 Å². The first kappa shape index (κ1) is 27.9. The quantitative estimate of drug-likeness (QED) is 0.186. The van der Waals surface area contributed by atoms with Gasteiger partial charge in [-0.15, -0.1) is 11.3 Å². The van der Waals surface area contributed by atoms with E-state index in [0.717, 1.165) is 39.0 Å². The lowest BCUT2D eigenvalue weighted by Crippen LogP contribution is -2.11. The summed E-state index contributed by atoms with van der Waals surface area (Å²) in [7, 11) is 0. The van der Waals surface area contributed by atoms with Crippen molar-refractivity contribution in [3.63, 3.8) is 0 Å². The first-order valence-corrected chi connectivity index (χ1v) is 17.4. The third-order valence-electron chi connectivity index (χ3n) is 9.67. The number of nitrogens with zero attached hydrogens (tertiary/aromatic N) is 1. The van der Waals surface area contributed by atoms with Gasteiger partial charge in [0.05, 0.1) is 5.69 Å². The van der Waals surface area contributed by atoms with Gasteiger partial charge in [0, 0.05) is 53.9 Å². The van der Waals surface area contributed by atoms with Crippen molar-refractivity contribution in [1.82, 2.24) is 0 Å². The molecule has 10 aromatic rings. The van der Waals surface area contributed by atoms with E-state index in [1.165, 1.54) is 53.2 Å². The lowest BCUT2D eigenvalue weighted by Gasteiger charge is -2.29. The van der Waals surface area contributed by atoms with Crippen LogP contribution < -0.4 is 4.90 Å². The minimum atomic E-state index is 0.873. The van der Waals surface area contributed by atoms with E-state index in [1.54, 1.807) is 0 Å². The zero-order valence-electron chi connectivity index (χ0n) is 26.5. The molecule has 0 aliphatic heterocycles. The molecule has 0 fully saturated rings. The van der Waals surface area contributed by atoms with Gasteiger partial charge >= 0.3 is 0 Å². The zero-order valence-corrected chi connectivity index (χ0v) is 27.3. The number of thiophene rings is 1. The van der Waals surface area contributed by atoms with Crippen molar-refractivity contribution in [2.75, 3.05) is 4.90 Å². The van der Waals surface area contributed by atoms with Crippen LogP contribution in [0.15, 0.2) is 180 Å². The molecular weight excluding hydrogens is 615 g/mol. The number of hydrogen-bond donors (Lipinski definition) is 0. The van der Waals surface area contributed by atoms with E-state index in [1.807, 2.05) is 23.5 Å². The summed E-state index contributed by atoms with van der Waals surface area (Å²) in [4.78, 5) is 2.39. The topological polar surface area (TPSA) is 16.4 Å². The molecular formula is C46H29NOS. The van der Waals surface area contributed by atoms with Crippen LogP contribution in [0, 0.1) is 0 Å². The Hall–Kier alpha value is -6.16. The second-order valence-corrected chi connectivity index (χ2v) is 13.6. The largest absolute Gasteiger partial charge is 0.456 e. The SMILES string of the molecule is c1ccc(-c2ccc(N(c3ccc4c(c3)oc3ccccc34)c3ccc4ccccc4c3-c3ccc4sc5ccccc5c4c3)cc2)cc1. The Labute approximate surface area is 287 Å². The first-order chi connectivity index (χ1) is 24.3. The van der Waals surface area contributed by atoms with Gasteiger partial charge in [0.2, 0.25) is 0 Å². The first-order valence-electron chi connectivity index (χ1n) is 16.6. The number of rotatable bonds is 5. The molecule has 0 saturated heterocycles. The lowest BCUT2D eigenvalue weighted by molar-refractivity contribution is 0.669. The molecule has 3 heteroatoms. The molecule has 2 nitrogen and oxygen atoms in total. The van der Waals surface area contributed by atoms with Crippen LogP contribution in [0.1, 0.15) is 0 Å². The highest BCUT2D eigenvalue weighted by Crippen LogP contribution is 2.47. The van der Waals surface area contributed by atoms with Gasteiger partial charge in [-0.25, -0.2) is 0 Å². The summed E-state index contributed by atoms with van der Waals surface area (Å²) in [5.41, 5.74) is 9.78. The van der Waals surface area contributed by atoms with Crippen LogP contribution in [-0.4, -0.2) is 0 Å². The predicted octanol–water partition coefficient (Wildman–Crippen LogP) is 13.9. The summed E-state index contributed by atoms with van der Waals surface area (Å²) >= 11 is 1.85. The molecule has 0 bridgehead atoms. The summed E-state index contributed by atoms with van der Waals surface area (Å²) in [6, 6.07) is 63.3. The summed E-state index contributed by atoms with van der Waals surface area (Å²) < 4.78 is 9.05. The molecule has 230 valence electrons. The van der Waals surface area contributed by atoms with Crippen molar-refractivity contribution in [3.8, 4) is 22.3 Å². The van der Waals surface area contributed by atoms with Crippen LogP contribution in [0.25, 0.3) is 75.1 Å². The maximum atomic E-state index is 6.43. The average molecular weight is 644 g/mol. The zero-order chi connectivity index (χ0) is 32.3. The van der Waals surface area contributed by atoms with Gasteiger partial charge in [-0.2, -0.15) is 0 Å². The molecule has 0 spiro atoms. The minimum Gasteiger partial charge on any atom is -0.456 e. The summed E-state index contributed by atoms with van der Waals surface area (Å²) in [6.45, 7) is 0. The van der Waals surface area contributed by atoms with Gasteiger partial charge in [0.15, 0.2) is 0 Å². The van der Waals surface area contributed by atoms with Crippen molar-refractivity contribution in [2.45, 2.75) is 0 Å². The Morgan fingerprint density at radius 3 is 1.92 bits per heavy atom. The molecule has 0 atom stereocenters. The molecule has 2 heterocycles. The van der Waals surface area contributed by atoms with Crippen LogP contribution in [0.4, 0.5) is 17.1 Å². The predicted molar refractivity (Wildman–Crippen MR) is 210 cm³/mol. The van der Waals surface area contributed by atoms with Crippen molar-refractivity contribution in [3.05, 3.63) is 176 Å². The van der Waals surface area contributed by atoms with Gasteiger partial charge in [0.1, 0.15) is 11.2 Å². The number of para-hydroxylation sites is 1. The monoisotopic (exact) mass is 643 g/mol. The fourth-order valence-corrected chi connectivity index (χ4v) is 8.43. The van der Waals surface area contributed by atoms with E-state index in [0.29, 0.717) is 0 Å². The number of hydrogen-bond acceptors (Lipinski definition) is 3. The van der Waals surface area contributed by atoms with Gasteiger partial charge in [-0.05, 0) is 82.1 Å². The standard InChI is InChI=1S/C46H29NOS/c1-2-10-30(11-3-1)31-18-22-34(23-19-31)47(35-24-25-38-37-14-6-8-16-42(37)48-43(38)29-35)41-26-20-32-12-4-5-13-36(32)46(41)33-21-27-45-40(28-33)39-15-7-9-17-44(39)49-45/h1-29H. The van der Waals surface area contributed by atoms with Crippen molar-refractivity contribution >= 4 is 81.3 Å². The molecule has 0 aliphatic rings. The van der Waals surface area contributed by atoms with E-state index in [4.69, 9.17) is 4.42 Å². The molecule has 0 unspecified atom stereocenters. The highest BCUT2D eigenvalue weighted by atomic mass is 32.1. The van der Waals surface area contributed by atoms with E-state index < -0.39 is 0 Å². The minimum absolute atomic E-state index is 0.873. The Morgan fingerprint density at radius 1 is 0.388 bits per heavy atom. The van der Waals surface area contributed by atoms with Gasteiger partial charge in [-0.3, -0.25) is 0 Å². The Morgan fingerprint density at radius 2 is 1.04 bits per heavy atom. The molecule has 0 aliphatic carbocycles. The average Bonchev–Trinajstić information content (AvgIpc) is 3.73. The normalized spacial score (nSPS) is 11.7. The maximum absolute atomic E-state index is 6.43. The Kier molecular flexibility index (Phi) is 6.39. The van der Waals surface area contributed by atoms with Crippen LogP contribution >= 0.6 is 11.3 Å². The molecule has 2 aromatic heterocycles. The molecule has 49 heavy (non-hydrogen) atoms. The number of fused-ring (bicyclic) bond motifs is 7.